The minimum Gasteiger partial charge on any atom is -0.348 e. The Morgan fingerprint density at radius 3 is 1.97 bits per heavy atom. The number of carbonyl (C=O) groups excluding carboxylic acids is 3. The topological polar surface area (TPSA) is 116 Å². The van der Waals surface area contributed by atoms with E-state index < -0.39 is 17.6 Å². The monoisotopic (exact) mass is 437 g/mol. The molecule has 8 nitrogen and oxygen atoms in total. The number of H-pyrrole nitrogens is 1. The van der Waals surface area contributed by atoms with Crippen LogP contribution >= 0.6 is 0 Å². The lowest BCUT2D eigenvalue weighted by atomic mass is 10.1. The summed E-state index contributed by atoms with van der Waals surface area (Å²) in [6.07, 6.45) is 1.29. The first-order valence-electron chi connectivity index (χ1n) is 10.1. The molecule has 0 saturated carbocycles. The zero-order valence-corrected chi connectivity index (χ0v) is 17.9. The molecule has 1 heterocycles. The second kappa shape index (κ2) is 9.86. The Morgan fingerprint density at radius 1 is 0.844 bits per heavy atom. The van der Waals surface area contributed by atoms with Gasteiger partial charge in [0.1, 0.15) is 11.5 Å². The molecule has 3 aromatic rings. The summed E-state index contributed by atoms with van der Waals surface area (Å²) in [7, 11) is 0. The second-order valence-electron chi connectivity index (χ2n) is 7.62. The molecule has 0 spiro atoms. The normalized spacial score (nSPS) is 11.7. The van der Waals surface area contributed by atoms with Crippen LogP contribution in [0.2, 0.25) is 0 Å². The third-order valence-electron chi connectivity index (χ3n) is 4.95. The summed E-state index contributed by atoms with van der Waals surface area (Å²) in [5.74, 6) is -1.52. The number of aromatic nitrogens is 2. The number of benzene rings is 2. The number of hydrogen-bond acceptors (Lipinski definition) is 4. The fourth-order valence-electron chi connectivity index (χ4n) is 2.72. The van der Waals surface area contributed by atoms with E-state index in [-0.39, 0.29) is 29.3 Å². The number of rotatable bonds is 7. The molecule has 0 aliphatic carbocycles. The minimum atomic E-state index is -0.545. The summed E-state index contributed by atoms with van der Waals surface area (Å²) in [4.78, 5) is 44.0. The van der Waals surface area contributed by atoms with Crippen molar-refractivity contribution in [3.05, 3.63) is 77.6 Å². The Hall–Kier alpha value is -4.01. The molecule has 9 heteroatoms. The van der Waals surface area contributed by atoms with E-state index in [1.54, 1.807) is 24.3 Å². The fourth-order valence-corrected chi connectivity index (χ4v) is 2.72. The molecule has 3 rings (SSSR count). The first-order valence-corrected chi connectivity index (χ1v) is 10.1. The van der Waals surface area contributed by atoms with Gasteiger partial charge in [-0.25, -0.2) is 9.37 Å². The molecule has 0 radical (unpaired) electrons. The predicted molar refractivity (Wildman–Crippen MR) is 119 cm³/mol. The largest absolute Gasteiger partial charge is 0.348 e. The zero-order valence-electron chi connectivity index (χ0n) is 17.9. The van der Waals surface area contributed by atoms with Gasteiger partial charge in [-0.15, -0.1) is 0 Å². The molecule has 1 unspecified atom stereocenters. The number of carbonyl (C=O) groups is 3. The number of aromatic amines is 1. The first kappa shape index (κ1) is 22.7. The molecule has 0 saturated heterocycles. The maximum atomic E-state index is 13.0. The number of nitrogens with zero attached hydrogens (tertiary/aromatic N) is 1. The van der Waals surface area contributed by atoms with Crippen LogP contribution in [0.25, 0.3) is 0 Å². The number of nitrogens with one attached hydrogen (secondary N) is 4. The highest BCUT2D eigenvalue weighted by molar-refractivity contribution is 6.10. The van der Waals surface area contributed by atoms with E-state index in [2.05, 4.69) is 25.9 Å². The third-order valence-corrected chi connectivity index (χ3v) is 4.95. The van der Waals surface area contributed by atoms with Crippen LogP contribution in [0.3, 0.4) is 0 Å². The predicted octanol–water partition coefficient (Wildman–Crippen LogP) is 3.83. The lowest BCUT2D eigenvalue weighted by molar-refractivity contribution is 0.0914. The lowest BCUT2D eigenvalue weighted by Crippen LogP contribution is -2.37. The van der Waals surface area contributed by atoms with Gasteiger partial charge >= 0.3 is 0 Å². The maximum absolute atomic E-state index is 13.0. The Bertz CT molecular complexity index is 1110. The average molecular weight is 437 g/mol. The van der Waals surface area contributed by atoms with Crippen molar-refractivity contribution in [2.45, 2.75) is 26.8 Å². The van der Waals surface area contributed by atoms with Crippen molar-refractivity contribution in [2.75, 3.05) is 10.6 Å². The van der Waals surface area contributed by atoms with Gasteiger partial charge in [0.05, 0.1) is 6.33 Å². The van der Waals surface area contributed by atoms with Crippen molar-refractivity contribution in [1.29, 1.82) is 0 Å². The van der Waals surface area contributed by atoms with E-state index in [1.807, 2.05) is 20.8 Å². The van der Waals surface area contributed by atoms with Crippen molar-refractivity contribution in [1.82, 2.24) is 15.3 Å². The van der Waals surface area contributed by atoms with Crippen LogP contribution in [0, 0.1) is 11.7 Å². The van der Waals surface area contributed by atoms with E-state index in [0.717, 1.165) is 0 Å². The average Bonchev–Trinajstić information content (AvgIpc) is 3.25. The molecular weight excluding hydrogens is 413 g/mol. The van der Waals surface area contributed by atoms with Gasteiger partial charge in [0.25, 0.3) is 17.7 Å². The minimum absolute atomic E-state index is 0.0212. The molecule has 0 bridgehead atoms. The summed E-state index contributed by atoms with van der Waals surface area (Å²) in [6.45, 7) is 5.85. The Labute approximate surface area is 184 Å². The van der Waals surface area contributed by atoms with Crippen LogP contribution in [0.4, 0.5) is 15.8 Å². The highest BCUT2D eigenvalue weighted by Crippen LogP contribution is 2.16. The van der Waals surface area contributed by atoms with Gasteiger partial charge < -0.3 is 20.9 Å². The zero-order chi connectivity index (χ0) is 23.3. The molecule has 0 aliphatic rings. The van der Waals surface area contributed by atoms with Crippen LogP contribution in [0.5, 0.6) is 0 Å². The summed E-state index contributed by atoms with van der Waals surface area (Å²) < 4.78 is 13.0. The van der Waals surface area contributed by atoms with Crippen molar-refractivity contribution in [3.63, 3.8) is 0 Å². The van der Waals surface area contributed by atoms with E-state index in [9.17, 15) is 18.8 Å². The summed E-state index contributed by atoms with van der Waals surface area (Å²) >= 11 is 0. The van der Waals surface area contributed by atoms with E-state index in [1.165, 1.54) is 30.6 Å². The van der Waals surface area contributed by atoms with Crippen molar-refractivity contribution in [2.24, 2.45) is 5.92 Å². The third kappa shape index (κ3) is 5.57. The van der Waals surface area contributed by atoms with Gasteiger partial charge in [-0.1, -0.05) is 13.8 Å². The van der Waals surface area contributed by atoms with Gasteiger partial charge in [0.2, 0.25) is 0 Å². The van der Waals surface area contributed by atoms with Gasteiger partial charge in [-0.2, -0.15) is 0 Å². The van der Waals surface area contributed by atoms with Crippen LogP contribution in [0.1, 0.15) is 52.1 Å². The molecule has 32 heavy (non-hydrogen) atoms. The highest BCUT2D eigenvalue weighted by Gasteiger charge is 2.22. The lowest BCUT2D eigenvalue weighted by Gasteiger charge is -2.17. The number of anilines is 2. The molecule has 1 atom stereocenters. The molecule has 1 aromatic heterocycles. The Kier molecular flexibility index (Phi) is 6.99. The first-order chi connectivity index (χ1) is 15.2. The van der Waals surface area contributed by atoms with Crippen LogP contribution in [-0.4, -0.2) is 33.7 Å². The summed E-state index contributed by atoms with van der Waals surface area (Å²) in [5.41, 5.74) is 1.34. The molecule has 2 aromatic carbocycles. The number of hydrogen-bond donors (Lipinski definition) is 4. The molecule has 0 aliphatic heterocycles. The van der Waals surface area contributed by atoms with Crippen LogP contribution < -0.4 is 16.0 Å². The SMILES string of the molecule is CC(C)C(C)NC(=O)c1[nH]cnc1C(=O)Nc1ccc(NC(=O)c2ccc(F)cc2)cc1. The Morgan fingerprint density at radius 2 is 1.41 bits per heavy atom. The van der Waals surface area contributed by atoms with Gasteiger partial charge in [0, 0.05) is 23.0 Å². The Balaban J connectivity index is 1.63. The summed E-state index contributed by atoms with van der Waals surface area (Å²) in [5, 5.41) is 8.20. The molecule has 4 N–H and O–H groups in total. The molecular formula is C23H24FN5O3. The number of imidazole rings is 1. The maximum Gasteiger partial charge on any atom is 0.276 e. The molecule has 166 valence electrons. The molecule has 0 fully saturated rings. The quantitative estimate of drug-likeness (QED) is 0.450. The second-order valence-corrected chi connectivity index (χ2v) is 7.62. The van der Waals surface area contributed by atoms with Gasteiger partial charge in [-0.3, -0.25) is 14.4 Å². The van der Waals surface area contributed by atoms with E-state index in [0.29, 0.717) is 16.9 Å². The van der Waals surface area contributed by atoms with Crippen molar-refractivity contribution >= 4 is 29.1 Å². The number of halogens is 1. The molecule has 3 amide bonds. The summed E-state index contributed by atoms with van der Waals surface area (Å²) in [6, 6.07) is 11.5. The van der Waals surface area contributed by atoms with E-state index >= 15 is 0 Å². The van der Waals surface area contributed by atoms with Crippen molar-refractivity contribution in [3.8, 4) is 0 Å². The fraction of sp³-hybridized carbons (Fsp3) is 0.217. The van der Waals surface area contributed by atoms with Gasteiger partial charge in [0.15, 0.2) is 5.69 Å². The van der Waals surface area contributed by atoms with Crippen LogP contribution in [0.15, 0.2) is 54.9 Å². The van der Waals surface area contributed by atoms with Gasteiger partial charge in [-0.05, 0) is 61.4 Å². The number of amides is 3. The standard InChI is InChI=1S/C23H24FN5O3/c1-13(2)14(3)27-22(31)19-20(26-12-25-19)23(32)29-18-10-8-17(9-11-18)28-21(30)15-4-6-16(24)7-5-15/h4-14H,1-3H3,(H,25,26)(H,27,31)(H,28,30)(H,29,32). The van der Waals surface area contributed by atoms with E-state index in [4.69, 9.17) is 0 Å². The smallest absolute Gasteiger partial charge is 0.276 e. The highest BCUT2D eigenvalue weighted by atomic mass is 19.1. The van der Waals surface area contributed by atoms with Crippen LogP contribution in [-0.2, 0) is 0 Å². The van der Waals surface area contributed by atoms with Crippen molar-refractivity contribution < 1.29 is 18.8 Å².